The summed E-state index contributed by atoms with van der Waals surface area (Å²) in [6.45, 7) is 2.24. The van der Waals surface area contributed by atoms with E-state index in [4.69, 9.17) is 14.6 Å². The highest BCUT2D eigenvalue weighted by Crippen LogP contribution is 2.06. The van der Waals surface area contributed by atoms with E-state index in [1.54, 1.807) is 0 Å². The van der Waals surface area contributed by atoms with Gasteiger partial charge in [0.25, 0.3) is 0 Å². The number of amides is 1. The summed E-state index contributed by atoms with van der Waals surface area (Å²) in [4.78, 5) is 11.5. The van der Waals surface area contributed by atoms with Gasteiger partial charge < -0.3 is 19.9 Å². The Morgan fingerprint density at radius 3 is 2.65 bits per heavy atom. The molecular formula is C11H22N2O6S. The molecule has 8 nitrogen and oxygen atoms in total. The molecule has 1 aliphatic rings. The van der Waals surface area contributed by atoms with Crippen molar-refractivity contribution in [3.8, 4) is 0 Å². The lowest BCUT2D eigenvalue weighted by atomic mass is 10.4. The van der Waals surface area contributed by atoms with Gasteiger partial charge in [-0.2, -0.15) is 4.31 Å². The number of aliphatic hydroxyl groups excluding tert-OH is 1. The maximum atomic E-state index is 11.9. The van der Waals surface area contributed by atoms with Gasteiger partial charge in [-0.15, -0.1) is 0 Å². The number of carbonyl (C=O) groups excluding carboxylic acids is 1. The Hall–Kier alpha value is -0.740. The molecule has 0 radical (unpaired) electrons. The Labute approximate surface area is 119 Å². The van der Waals surface area contributed by atoms with Crippen LogP contribution in [0.15, 0.2) is 0 Å². The fourth-order valence-corrected chi connectivity index (χ4v) is 3.10. The highest BCUT2D eigenvalue weighted by molar-refractivity contribution is 7.89. The summed E-state index contributed by atoms with van der Waals surface area (Å²) in [5, 5.41) is 11.0. The third kappa shape index (κ3) is 6.62. The van der Waals surface area contributed by atoms with Crippen molar-refractivity contribution in [2.75, 3.05) is 58.4 Å². The summed E-state index contributed by atoms with van der Waals surface area (Å²) in [7, 11) is -3.39. The number of aliphatic hydroxyl groups is 1. The predicted molar refractivity (Wildman–Crippen MR) is 71.7 cm³/mol. The van der Waals surface area contributed by atoms with Crippen LogP contribution in [0, 0.1) is 0 Å². The number of nitrogens with one attached hydrogen (secondary N) is 1. The molecule has 1 fully saturated rings. The van der Waals surface area contributed by atoms with Gasteiger partial charge in [-0.1, -0.05) is 0 Å². The molecule has 9 heteroatoms. The molecule has 2 N–H and O–H groups in total. The lowest BCUT2D eigenvalue weighted by molar-refractivity contribution is -0.120. The summed E-state index contributed by atoms with van der Waals surface area (Å²) in [5.74, 6) is -0.523. The molecular weight excluding hydrogens is 288 g/mol. The molecule has 20 heavy (non-hydrogen) atoms. The van der Waals surface area contributed by atoms with Gasteiger partial charge in [-0.25, -0.2) is 8.42 Å². The molecule has 0 aromatic heterocycles. The largest absolute Gasteiger partial charge is 0.394 e. The fourth-order valence-electron chi connectivity index (χ4n) is 1.69. The van der Waals surface area contributed by atoms with E-state index >= 15 is 0 Å². The van der Waals surface area contributed by atoms with Crippen molar-refractivity contribution in [1.82, 2.24) is 9.62 Å². The average Bonchev–Trinajstić information content (AvgIpc) is 2.46. The summed E-state index contributed by atoms with van der Waals surface area (Å²) in [6.07, 6.45) is -0.0698. The van der Waals surface area contributed by atoms with E-state index in [9.17, 15) is 13.2 Å². The minimum Gasteiger partial charge on any atom is -0.394 e. The number of carbonyl (C=O) groups is 1. The Morgan fingerprint density at radius 2 is 2.00 bits per heavy atom. The van der Waals surface area contributed by atoms with Crippen LogP contribution in [0.25, 0.3) is 0 Å². The normalized spacial score (nSPS) is 17.1. The quantitative estimate of drug-likeness (QED) is 0.485. The molecule has 1 heterocycles. The molecule has 0 saturated carbocycles. The summed E-state index contributed by atoms with van der Waals surface area (Å²) < 4.78 is 35.3. The van der Waals surface area contributed by atoms with Gasteiger partial charge in [0.15, 0.2) is 0 Å². The molecule has 1 aliphatic heterocycles. The van der Waals surface area contributed by atoms with Crippen LogP contribution >= 0.6 is 0 Å². The minimum atomic E-state index is -3.39. The van der Waals surface area contributed by atoms with Crippen molar-refractivity contribution in [3.63, 3.8) is 0 Å². The maximum Gasteiger partial charge on any atom is 0.221 e. The maximum absolute atomic E-state index is 11.9. The van der Waals surface area contributed by atoms with E-state index in [1.165, 1.54) is 4.31 Å². The molecule has 1 saturated heterocycles. The van der Waals surface area contributed by atoms with Gasteiger partial charge >= 0.3 is 0 Å². The van der Waals surface area contributed by atoms with Gasteiger partial charge in [-0.05, 0) is 0 Å². The fraction of sp³-hybridized carbons (Fsp3) is 0.909. The smallest absolute Gasteiger partial charge is 0.221 e. The second-order valence-electron chi connectivity index (χ2n) is 4.26. The molecule has 1 rings (SSSR count). The van der Waals surface area contributed by atoms with Crippen LogP contribution in [0.5, 0.6) is 0 Å². The zero-order valence-electron chi connectivity index (χ0n) is 11.4. The SMILES string of the molecule is O=C(CCS(=O)(=O)N1CCOCC1)NCCOCCO. The molecule has 0 bridgehead atoms. The molecule has 0 aliphatic carbocycles. The number of hydrogen-bond donors (Lipinski definition) is 2. The van der Waals surface area contributed by atoms with Gasteiger partial charge in [0, 0.05) is 26.1 Å². The monoisotopic (exact) mass is 310 g/mol. The third-order valence-corrected chi connectivity index (χ3v) is 4.63. The molecule has 0 spiro atoms. The Bertz CT molecular complexity index is 380. The van der Waals surface area contributed by atoms with Crippen molar-refractivity contribution < 1.29 is 27.8 Å². The summed E-state index contributed by atoms with van der Waals surface area (Å²) in [6, 6.07) is 0. The molecule has 0 atom stereocenters. The number of morpholine rings is 1. The highest BCUT2D eigenvalue weighted by atomic mass is 32.2. The van der Waals surface area contributed by atoms with E-state index in [0.29, 0.717) is 39.5 Å². The molecule has 0 unspecified atom stereocenters. The first kappa shape index (κ1) is 17.3. The van der Waals surface area contributed by atoms with Crippen molar-refractivity contribution in [3.05, 3.63) is 0 Å². The van der Waals surface area contributed by atoms with E-state index in [1.807, 2.05) is 0 Å². The van der Waals surface area contributed by atoms with E-state index in [-0.39, 0.29) is 31.3 Å². The van der Waals surface area contributed by atoms with Crippen molar-refractivity contribution in [2.24, 2.45) is 0 Å². The van der Waals surface area contributed by atoms with Crippen LogP contribution in [0.2, 0.25) is 0 Å². The number of sulfonamides is 1. The number of rotatable bonds is 9. The molecule has 0 aromatic carbocycles. The second-order valence-corrected chi connectivity index (χ2v) is 6.35. The van der Waals surface area contributed by atoms with Crippen LogP contribution in [-0.2, 0) is 24.3 Å². The molecule has 0 aromatic rings. The first-order valence-corrected chi connectivity index (χ1v) is 8.18. The first-order chi connectivity index (χ1) is 9.56. The van der Waals surface area contributed by atoms with Crippen LogP contribution in [-0.4, -0.2) is 82.2 Å². The van der Waals surface area contributed by atoms with Crippen LogP contribution < -0.4 is 5.32 Å². The lowest BCUT2D eigenvalue weighted by Crippen LogP contribution is -2.42. The highest BCUT2D eigenvalue weighted by Gasteiger charge is 2.24. The van der Waals surface area contributed by atoms with E-state index < -0.39 is 10.0 Å². The number of ether oxygens (including phenoxy) is 2. The first-order valence-electron chi connectivity index (χ1n) is 6.57. The lowest BCUT2D eigenvalue weighted by Gasteiger charge is -2.25. The Morgan fingerprint density at radius 1 is 1.30 bits per heavy atom. The summed E-state index contributed by atoms with van der Waals surface area (Å²) >= 11 is 0. The van der Waals surface area contributed by atoms with Crippen molar-refractivity contribution in [2.45, 2.75) is 6.42 Å². The molecule has 118 valence electrons. The topological polar surface area (TPSA) is 105 Å². The van der Waals surface area contributed by atoms with Crippen molar-refractivity contribution in [1.29, 1.82) is 0 Å². The summed E-state index contributed by atoms with van der Waals surface area (Å²) in [5.41, 5.74) is 0. The van der Waals surface area contributed by atoms with Gasteiger partial charge in [-0.3, -0.25) is 4.79 Å². The van der Waals surface area contributed by atoms with E-state index in [0.717, 1.165) is 0 Å². The Kier molecular flexibility index (Phi) is 8.00. The average molecular weight is 310 g/mol. The third-order valence-electron chi connectivity index (χ3n) is 2.75. The van der Waals surface area contributed by atoms with Crippen molar-refractivity contribution >= 4 is 15.9 Å². The second kappa shape index (κ2) is 9.24. The van der Waals surface area contributed by atoms with Gasteiger partial charge in [0.05, 0.1) is 38.8 Å². The van der Waals surface area contributed by atoms with E-state index in [2.05, 4.69) is 5.32 Å². The van der Waals surface area contributed by atoms with Crippen LogP contribution in [0.1, 0.15) is 6.42 Å². The minimum absolute atomic E-state index is 0.0638. The van der Waals surface area contributed by atoms with Gasteiger partial charge in [0.2, 0.25) is 15.9 Å². The van der Waals surface area contributed by atoms with Crippen LogP contribution in [0.4, 0.5) is 0 Å². The predicted octanol–water partition coefficient (Wildman–Crippen LogP) is -1.84. The standard InChI is InChI=1S/C11H22N2O6S/c14-5-9-18-6-2-12-11(15)1-10-20(16,17)13-3-7-19-8-4-13/h14H,1-10H2,(H,12,15). The Balaban J connectivity index is 2.18. The number of hydrogen-bond acceptors (Lipinski definition) is 6. The van der Waals surface area contributed by atoms with Crippen LogP contribution in [0.3, 0.4) is 0 Å². The number of nitrogens with zero attached hydrogens (tertiary/aromatic N) is 1. The zero-order chi connectivity index (χ0) is 14.8. The zero-order valence-corrected chi connectivity index (χ0v) is 12.2. The molecule has 1 amide bonds. The van der Waals surface area contributed by atoms with Gasteiger partial charge in [0.1, 0.15) is 0 Å².